The zero-order chi connectivity index (χ0) is 22.8. The summed E-state index contributed by atoms with van der Waals surface area (Å²) in [6.07, 6.45) is 1.68. The minimum atomic E-state index is -3.40. The second-order valence-electron chi connectivity index (χ2n) is 7.35. The predicted molar refractivity (Wildman–Crippen MR) is 118 cm³/mol. The van der Waals surface area contributed by atoms with Gasteiger partial charge in [0.15, 0.2) is 0 Å². The molecule has 1 atom stereocenters. The van der Waals surface area contributed by atoms with E-state index in [1.165, 1.54) is 17.4 Å². The molecule has 31 heavy (non-hydrogen) atoms. The van der Waals surface area contributed by atoms with Crippen LogP contribution in [0.1, 0.15) is 33.2 Å². The third kappa shape index (κ3) is 5.02. The van der Waals surface area contributed by atoms with Crippen molar-refractivity contribution in [2.24, 2.45) is 0 Å². The lowest BCUT2D eigenvalue weighted by atomic mass is 10.1. The van der Waals surface area contributed by atoms with Crippen LogP contribution in [0.2, 0.25) is 0 Å². The van der Waals surface area contributed by atoms with Gasteiger partial charge in [-0.3, -0.25) is 18.7 Å². The van der Waals surface area contributed by atoms with Gasteiger partial charge in [-0.25, -0.2) is 8.42 Å². The van der Waals surface area contributed by atoms with Crippen molar-refractivity contribution in [1.82, 2.24) is 10.6 Å². The van der Waals surface area contributed by atoms with E-state index in [1.54, 1.807) is 36.4 Å². The van der Waals surface area contributed by atoms with E-state index in [1.807, 2.05) is 6.92 Å². The molecular formula is C21H24N4O5S. The molecule has 2 aromatic carbocycles. The number of anilines is 2. The molecule has 3 amide bonds. The molecule has 0 aliphatic carbocycles. The number of rotatable bonds is 6. The van der Waals surface area contributed by atoms with Crippen LogP contribution in [0.15, 0.2) is 42.5 Å². The number of hydrogen-bond acceptors (Lipinski definition) is 5. The van der Waals surface area contributed by atoms with Crippen molar-refractivity contribution < 1.29 is 22.8 Å². The van der Waals surface area contributed by atoms with Crippen molar-refractivity contribution in [1.29, 1.82) is 0 Å². The Balaban J connectivity index is 1.74. The number of carbonyl (C=O) groups excluding carboxylic acids is 3. The molecule has 1 aliphatic heterocycles. The van der Waals surface area contributed by atoms with E-state index < -0.39 is 15.9 Å². The average molecular weight is 445 g/mol. The van der Waals surface area contributed by atoms with Crippen LogP contribution in [0.5, 0.6) is 0 Å². The van der Waals surface area contributed by atoms with Crippen molar-refractivity contribution in [2.45, 2.75) is 19.4 Å². The van der Waals surface area contributed by atoms with Crippen LogP contribution in [0.25, 0.3) is 0 Å². The highest BCUT2D eigenvalue weighted by molar-refractivity contribution is 7.92. The Bertz CT molecular complexity index is 1150. The number of nitrogens with zero attached hydrogens (tertiary/aromatic N) is 1. The van der Waals surface area contributed by atoms with Crippen LogP contribution >= 0.6 is 0 Å². The summed E-state index contributed by atoms with van der Waals surface area (Å²) in [5.74, 6) is -1.14. The first-order valence-corrected chi connectivity index (χ1v) is 11.5. The summed E-state index contributed by atoms with van der Waals surface area (Å²) in [4.78, 5) is 36.2. The summed E-state index contributed by atoms with van der Waals surface area (Å²) in [6, 6.07) is 11.0. The highest BCUT2D eigenvalue weighted by atomic mass is 32.2. The number of carbonyl (C=O) groups is 3. The first kappa shape index (κ1) is 22.3. The Morgan fingerprint density at radius 1 is 1.06 bits per heavy atom. The van der Waals surface area contributed by atoms with Crippen LogP contribution in [-0.4, -0.2) is 52.0 Å². The molecule has 0 saturated heterocycles. The standard InChI is InChI=1S/C21H24N4O5S/c1-13-9-16-10-15(7-8-18(16)25(13)31(3,29)30)21(28)24-17-6-4-5-14(11-17)20(27)23-12-19(26)22-2/h4-8,10-11,13H,9,12H2,1-3H3,(H,22,26)(H,23,27)(H,24,28). The van der Waals surface area contributed by atoms with Crippen molar-refractivity contribution in [3.63, 3.8) is 0 Å². The molecular weight excluding hydrogens is 420 g/mol. The number of likely N-dealkylation sites (N-methyl/N-ethyl adjacent to an activating group) is 1. The normalized spacial score (nSPS) is 15.2. The summed E-state index contributed by atoms with van der Waals surface area (Å²) < 4.78 is 25.5. The molecule has 2 aromatic rings. The third-order valence-corrected chi connectivity index (χ3v) is 6.19. The van der Waals surface area contributed by atoms with E-state index in [4.69, 9.17) is 0 Å². The largest absolute Gasteiger partial charge is 0.358 e. The van der Waals surface area contributed by atoms with Crippen molar-refractivity contribution >= 4 is 39.1 Å². The zero-order valence-corrected chi connectivity index (χ0v) is 18.2. The van der Waals surface area contributed by atoms with Gasteiger partial charge in [0.1, 0.15) is 0 Å². The molecule has 164 valence electrons. The maximum absolute atomic E-state index is 12.7. The summed E-state index contributed by atoms with van der Waals surface area (Å²) >= 11 is 0. The molecule has 1 unspecified atom stereocenters. The molecule has 9 nitrogen and oxygen atoms in total. The number of nitrogens with one attached hydrogen (secondary N) is 3. The fourth-order valence-electron chi connectivity index (χ4n) is 3.54. The maximum atomic E-state index is 12.7. The monoisotopic (exact) mass is 444 g/mol. The highest BCUT2D eigenvalue weighted by Crippen LogP contribution is 2.34. The molecule has 0 bridgehead atoms. The highest BCUT2D eigenvalue weighted by Gasteiger charge is 2.32. The van der Waals surface area contributed by atoms with E-state index in [2.05, 4.69) is 16.0 Å². The van der Waals surface area contributed by atoms with Crippen LogP contribution in [0, 0.1) is 0 Å². The molecule has 1 aliphatic rings. The minimum Gasteiger partial charge on any atom is -0.358 e. The van der Waals surface area contributed by atoms with E-state index in [-0.39, 0.29) is 24.4 Å². The van der Waals surface area contributed by atoms with Crippen molar-refractivity contribution in [2.75, 3.05) is 29.5 Å². The van der Waals surface area contributed by atoms with E-state index in [9.17, 15) is 22.8 Å². The van der Waals surface area contributed by atoms with E-state index in [0.29, 0.717) is 28.9 Å². The second kappa shape index (κ2) is 8.76. The lowest BCUT2D eigenvalue weighted by Gasteiger charge is -2.21. The minimum absolute atomic E-state index is 0.149. The average Bonchev–Trinajstić information content (AvgIpc) is 3.06. The Labute approximate surface area is 180 Å². The fraction of sp³-hybridized carbons (Fsp3) is 0.286. The molecule has 0 radical (unpaired) electrons. The van der Waals surface area contributed by atoms with Gasteiger partial charge in [-0.2, -0.15) is 0 Å². The first-order chi connectivity index (χ1) is 14.6. The fourth-order valence-corrected chi connectivity index (χ4v) is 4.81. The number of amides is 3. The van der Waals surface area contributed by atoms with Gasteiger partial charge in [-0.15, -0.1) is 0 Å². The Morgan fingerprint density at radius 2 is 1.77 bits per heavy atom. The third-order valence-electron chi connectivity index (χ3n) is 4.92. The zero-order valence-electron chi connectivity index (χ0n) is 17.4. The molecule has 1 heterocycles. The van der Waals surface area contributed by atoms with E-state index in [0.717, 1.165) is 11.8 Å². The summed E-state index contributed by atoms with van der Waals surface area (Å²) in [6.45, 7) is 1.67. The number of sulfonamides is 1. The summed E-state index contributed by atoms with van der Waals surface area (Å²) in [5, 5.41) is 7.65. The molecule has 3 N–H and O–H groups in total. The van der Waals surface area contributed by atoms with Gasteiger partial charge in [0.2, 0.25) is 15.9 Å². The van der Waals surface area contributed by atoms with E-state index >= 15 is 0 Å². The first-order valence-electron chi connectivity index (χ1n) is 9.62. The van der Waals surface area contributed by atoms with Gasteiger partial charge in [-0.1, -0.05) is 6.07 Å². The quantitative estimate of drug-likeness (QED) is 0.616. The summed E-state index contributed by atoms with van der Waals surface area (Å²) in [5.41, 5.74) is 2.47. The smallest absolute Gasteiger partial charge is 0.255 e. The number of hydrogen-bond donors (Lipinski definition) is 3. The topological polar surface area (TPSA) is 125 Å². The van der Waals surface area contributed by atoms with Crippen LogP contribution < -0.4 is 20.3 Å². The lowest BCUT2D eigenvalue weighted by molar-refractivity contribution is -0.119. The molecule has 0 spiro atoms. The lowest BCUT2D eigenvalue weighted by Crippen LogP contribution is -2.35. The Hall–Kier alpha value is -3.40. The summed E-state index contributed by atoms with van der Waals surface area (Å²) in [7, 11) is -1.93. The molecule has 0 fully saturated rings. The second-order valence-corrected chi connectivity index (χ2v) is 9.21. The molecule has 10 heteroatoms. The molecule has 3 rings (SSSR count). The number of fused-ring (bicyclic) bond motifs is 1. The van der Waals surface area contributed by atoms with Gasteiger partial charge in [0, 0.05) is 29.9 Å². The van der Waals surface area contributed by atoms with Crippen LogP contribution in [0.3, 0.4) is 0 Å². The van der Waals surface area contributed by atoms with Gasteiger partial charge in [0.05, 0.1) is 18.5 Å². The van der Waals surface area contributed by atoms with Crippen LogP contribution in [-0.2, 0) is 21.2 Å². The van der Waals surface area contributed by atoms with Crippen molar-refractivity contribution in [3.8, 4) is 0 Å². The maximum Gasteiger partial charge on any atom is 0.255 e. The molecule has 0 saturated carbocycles. The van der Waals surface area contributed by atoms with Gasteiger partial charge < -0.3 is 16.0 Å². The Morgan fingerprint density at radius 3 is 2.45 bits per heavy atom. The van der Waals surface area contributed by atoms with Crippen molar-refractivity contribution in [3.05, 3.63) is 59.2 Å². The Kier molecular flexibility index (Phi) is 6.30. The SMILES string of the molecule is CNC(=O)CNC(=O)c1cccc(NC(=O)c2ccc3c(c2)CC(C)N3S(C)(=O)=O)c1. The van der Waals surface area contributed by atoms with Gasteiger partial charge in [-0.05, 0) is 55.3 Å². The predicted octanol–water partition coefficient (Wildman–Crippen LogP) is 1.13. The van der Waals surface area contributed by atoms with Gasteiger partial charge in [0.25, 0.3) is 11.8 Å². The van der Waals surface area contributed by atoms with Gasteiger partial charge >= 0.3 is 0 Å². The molecule has 0 aromatic heterocycles. The number of benzene rings is 2. The van der Waals surface area contributed by atoms with Crippen LogP contribution in [0.4, 0.5) is 11.4 Å².